The number of carbonyl (C=O) groups is 7. The largest absolute Gasteiger partial charge is 0.478 e. The zero-order valence-corrected chi connectivity index (χ0v) is 33.6. The molecule has 0 heterocycles. The van der Waals surface area contributed by atoms with Crippen molar-refractivity contribution in [2.24, 2.45) is 11.7 Å². The molecule has 0 aliphatic heterocycles. The normalized spacial score (nSPS) is 13.2. The average molecular weight is 837 g/mol. The van der Waals surface area contributed by atoms with Crippen LogP contribution in [0.25, 0.3) is 11.1 Å². The first-order chi connectivity index (χ1) is 29.2. The third-order valence-electron chi connectivity index (χ3n) is 9.90. The molecule has 5 rings (SSSR count). The van der Waals surface area contributed by atoms with Gasteiger partial charge in [0.1, 0.15) is 37.1 Å². The Balaban J connectivity index is 1.35. The number of nitrogens with one attached hydrogen (secondary N) is 3. The van der Waals surface area contributed by atoms with E-state index in [0.717, 1.165) is 27.8 Å². The first-order valence-corrected chi connectivity index (χ1v) is 19.6. The maximum atomic E-state index is 14.1. The van der Waals surface area contributed by atoms with Gasteiger partial charge in [-0.15, -0.1) is 0 Å². The van der Waals surface area contributed by atoms with E-state index < -0.39 is 66.0 Å². The lowest BCUT2D eigenvalue weighted by Gasteiger charge is -2.25. The highest BCUT2D eigenvalue weighted by atomic mass is 16.6. The second-order valence-electron chi connectivity index (χ2n) is 14.9. The van der Waals surface area contributed by atoms with Crippen LogP contribution in [0.15, 0.2) is 103 Å². The molecule has 7 N–H and O–H groups in total. The Bertz CT molecular complexity index is 2150. The number of carboxylic acid groups (broad SMARTS) is 2. The number of rotatable bonds is 21. The number of amides is 4. The molecule has 1 unspecified atom stereocenters. The molecule has 4 aromatic carbocycles. The number of ether oxygens (including phenoxy) is 3. The number of carboxylic acids is 2. The van der Waals surface area contributed by atoms with Crippen LogP contribution < -0.4 is 26.4 Å². The Labute approximate surface area is 351 Å². The minimum atomic E-state index is -2.17. The van der Waals surface area contributed by atoms with Gasteiger partial charge in [0.2, 0.25) is 17.7 Å². The van der Waals surface area contributed by atoms with Crippen molar-refractivity contribution in [2.75, 3.05) is 6.61 Å². The van der Waals surface area contributed by atoms with Crippen molar-refractivity contribution in [1.29, 1.82) is 0 Å². The fourth-order valence-electron chi connectivity index (χ4n) is 6.88. The van der Waals surface area contributed by atoms with E-state index in [2.05, 4.69) is 16.0 Å². The molecule has 4 amide bonds. The summed E-state index contributed by atoms with van der Waals surface area (Å²) in [5.74, 6) is -6.98. The lowest BCUT2D eigenvalue weighted by atomic mass is 9.98. The number of hydrogen-bond acceptors (Lipinski definition) is 10. The van der Waals surface area contributed by atoms with Gasteiger partial charge in [0, 0.05) is 18.8 Å². The third kappa shape index (κ3) is 12.6. The van der Waals surface area contributed by atoms with Gasteiger partial charge in [-0.2, -0.15) is 0 Å². The van der Waals surface area contributed by atoms with E-state index in [1.54, 1.807) is 24.3 Å². The maximum Gasteiger partial charge on any atom is 0.407 e. The average Bonchev–Trinajstić information content (AvgIpc) is 3.55. The molecule has 0 spiro atoms. The molecule has 3 atom stereocenters. The van der Waals surface area contributed by atoms with E-state index in [9.17, 15) is 43.8 Å². The van der Waals surface area contributed by atoms with Crippen molar-refractivity contribution >= 4 is 41.7 Å². The van der Waals surface area contributed by atoms with Gasteiger partial charge < -0.3 is 46.1 Å². The zero-order valence-electron chi connectivity index (χ0n) is 33.6. The maximum absolute atomic E-state index is 14.1. The van der Waals surface area contributed by atoms with E-state index in [4.69, 9.17) is 19.9 Å². The van der Waals surface area contributed by atoms with Gasteiger partial charge in [0.25, 0.3) is 6.10 Å². The van der Waals surface area contributed by atoms with Gasteiger partial charge in [0.15, 0.2) is 0 Å². The summed E-state index contributed by atoms with van der Waals surface area (Å²) in [7, 11) is 0. The molecule has 1 aliphatic rings. The third-order valence-corrected chi connectivity index (χ3v) is 9.90. The van der Waals surface area contributed by atoms with Crippen LogP contribution in [0, 0.1) is 5.92 Å². The predicted molar refractivity (Wildman–Crippen MR) is 220 cm³/mol. The van der Waals surface area contributed by atoms with E-state index >= 15 is 0 Å². The minimum absolute atomic E-state index is 0.0207. The molecule has 61 heavy (non-hydrogen) atoms. The molecule has 0 saturated carbocycles. The lowest BCUT2D eigenvalue weighted by molar-refractivity contribution is -0.159. The van der Waals surface area contributed by atoms with Crippen molar-refractivity contribution in [1.82, 2.24) is 16.0 Å². The van der Waals surface area contributed by atoms with Crippen LogP contribution in [0.5, 0.6) is 5.75 Å². The van der Waals surface area contributed by atoms with Crippen molar-refractivity contribution in [3.05, 3.63) is 125 Å². The highest BCUT2D eigenvalue weighted by molar-refractivity contribution is 5.96. The number of alkyl carbamates (subject to hydrolysis) is 1. The number of nitrogens with two attached hydrogens (primary N) is 1. The Morgan fingerprint density at radius 3 is 1.79 bits per heavy atom. The van der Waals surface area contributed by atoms with Crippen LogP contribution in [0.1, 0.15) is 61.3 Å². The first kappa shape index (κ1) is 44.9. The summed E-state index contributed by atoms with van der Waals surface area (Å²) in [5.41, 5.74) is 10.7. The Morgan fingerprint density at radius 1 is 0.656 bits per heavy atom. The minimum Gasteiger partial charge on any atom is -0.478 e. The summed E-state index contributed by atoms with van der Waals surface area (Å²) >= 11 is 0. The van der Waals surface area contributed by atoms with Crippen molar-refractivity contribution < 1.29 is 58.0 Å². The molecule has 320 valence electrons. The van der Waals surface area contributed by atoms with E-state index in [1.807, 2.05) is 68.4 Å². The van der Waals surface area contributed by atoms with Gasteiger partial charge in [-0.1, -0.05) is 105 Å². The highest BCUT2D eigenvalue weighted by Gasteiger charge is 2.33. The van der Waals surface area contributed by atoms with Gasteiger partial charge in [0.05, 0.1) is 0 Å². The van der Waals surface area contributed by atoms with Crippen molar-refractivity contribution in [3.8, 4) is 16.9 Å². The number of esters is 1. The summed E-state index contributed by atoms with van der Waals surface area (Å²) < 4.78 is 16.2. The van der Waals surface area contributed by atoms with Gasteiger partial charge >= 0.3 is 24.0 Å². The summed E-state index contributed by atoms with van der Waals surface area (Å²) in [6.45, 7) is 3.57. The first-order valence-electron chi connectivity index (χ1n) is 19.6. The lowest BCUT2D eigenvalue weighted by Crippen LogP contribution is -2.57. The summed E-state index contributed by atoms with van der Waals surface area (Å²) in [4.78, 5) is 89.4. The topological polar surface area (TPSA) is 250 Å². The molecule has 1 aliphatic carbocycles. The van der Waals surface area contributed by atoms with E-state index in [1.165, 1.54) is 24.3 Å². The number of carbonyl (C=O) groups excluding carboxylic acids is 5. The molecule has 0 saturated heterocycles. The number of benzene rings is 4. The number of primary amides is 1. The SMILES string of the molecule is CC(C)C[C@H](NC(=O)[C@H](Cc1ccc(OC(C(=O)O)C(=O)O)cc1)NC(=O)C(CCC(=O)OCc1ccccc1)NC(=O)OCC1c2ccccc2-c2ccccc21)C(N)=O. The standard InChI is InChI=1S/C45H48N4O12/c1-26(2)22-36(40(46)51)47-42(53)37(23-27-16-18-29(19-17-27)61-39(43(54)55)44(56)57)48-41(52)35(20-21-38(50)59-24-28-10-4-3-5-11-28)49-45(58)60-25-34-32-14-8-6-12-30(32)31-13-7-9-15-33(31)34/h3-19,26,34-37,39H,20-25H2,1-2H3,(H2,46,51)(H,47,53)(H,48,52)(H,49,58)(H,54,55)(H,56,57)/t35?,36-,37-/m0/s1. The Hall–Kier alpha value is -7.23. The van der Waals surface area contributed by atoms with E-state index in [0.29, 0.717) is 5.56 Å². The van der Waals surface area contributed by atoms with Crippen LogP contribution in [0.4, 0.5) is 4.79 Å². The second-order valence-corrected chi connectivity index (χ2v) is 14.9. The van der Waals surface area contributed by atoms with Crippen LogP contribution >= 0.6 is 0 Å². The molecular weight excluding hydrogens is 789 g/mol. The molecule has 16 heteroatoms. The molecule has 0 radical (unpaired) electrons. The number of fused-ring (bicyclic) bond motifs is 3. The van der Waals surface area contributed by atoms with Gasteiger partial charge in [-0.3, -0.25) is 19.2 Å². The van der Waals surface area contributed by atoms with Crippen LogP contribution in [-0.2, 0) is 51.3 Å². The fraction of sp³-hybridized carbons (Fsp3) is 0.311. The van der Waals surface area contributed by atoms with Gasteiger partial charge in [-0.05, 0) is 64.3 Å². The molecule has 4 aromatic rings. The Kier molecular flexibility index (Phi) is 15.6. The van der Waals surface area contributed by atoms with Crippen LogP contribution in [0.2, 0.25) is 0 Å². The second kappa shape index (κ2) is 21.2. The predicted octanol–water partition coefficient (Wildman–Crippen LogP) is 4.08. The zero-order chi connectivity index (χ0) is 44.1. The summed E-state index contributed by atoms with van der Waals surface area (Å²) in [5, 5.41) is 26.2. The summed E-state index contributed by atoms with van der Waals surface area (Å²) in [6, 6.07) is 26.0. The molecule has 0 fully saturated rings. The monoisotopic (exact) mass is 836 g/mol. The van der Waals surface area contributed by atoms with Crippen LogP contribution in [0.3, 0.4) is 0 Å². The van der Waals surface area contributed by atoms with Gasteiger partial charge in [-0.25, -0.2) is 14.4 Å². The Morgan fingerprint density at radius 2 is 1.21 bits per heavy atom. The van der Waals surface area contributed by atoms with Crippen molar-refractivity contribution in [3.63, 3.8) is 0 Å². The highest BCUT2D eigenvalue weighted by Crippen LogP contribution is 2.44. The van der Waals surface area contributed by atoms with Crippen LogP contribution in [-0.4, -0.2) is 82.8 Å². The number of hydrogen-bond donors (Lipinski definition) is 6. The smallest absolute Gasteiger partial charge is 0.407 e. The summed E-state index contributed by atoms with van der Waals surface area (Å²) in [6.07, 6.45) is -3.70. The molecular formula is C45H48N4O12. The number of aliphatic carboxylic acids is 2. The molecule has 0 aromatic heterocycles. The fourth-order valence-corrected chi connectivity index (χ4v) is 6.88. The molecule has 0 bridgehead atoms. The quantitative estimate of drug-likeness (QED) is 0.0514. The van der Waals surface area contributed by atoms with E-state index in [-0.39, 0.29) is 56.5 Å². The van der Waals surface area contributed by atoms with Crippen molar-refractivity contribution in [2.45, 2.75) is 76.3 Å². The molecule has 16 nitrogen and oxygen atoms in total.